The number of hydrogen-bond donors (Lipinski definition) is 1. The fraction of sp³-hybridized carbons (Fsp3) is 0.636. The Hall–Kier alpha value is -1.51. The van der Waals surface area contributed by atoms with E-state index in [4.69, 9.17) is 21.1 Å². The van der Waals surface area contributed by atoms with Crippen LogP contribution >= 0.6 is 11.6 Å². The summed E-state index contributed by atoms with van der Waals surface area (Å²) in [4.78, 5) is 2.44. The van der Waals surface area contributed by atoms with Crippen LogP contribution in [0.25, 0.3) is 0 Å². The highest BCUT2D eigenvalue weighted by atomic mass is 35.5. The number of fused-ring (bicyclic) bond motifs is 2. The molecule has 1 aromatic carbocycles. The van der Waals surface area contributed by atoms with Crippen molar-refractivity contribution in [1.82, 2.24) is 19.9 Å². The quantitative estimate of drug-likeness (QED) is 0.800. The molecule has 1 aromatic heterocycles. The number of piperidine rings is 1. The predicted molar refractivity (Wildman–Crippen MR) is 112 cm³/mol. The van der Waals surface area contributed by atoms with Gasteiger partial charge >= 0.3 is 0 Å². The molecular formula is C22H29ClN4O3. The van der Waals surface area contributed by atoms with E-state index in [0.29, 0.717) is 32.2 Å². The molecule has 2 saturated heterocycles. The number of benzene rings is 1. The van der Waals surface area contributed by atoms with Crippen LogP contribution in [-0.2, 0) is 34.6 Å². The van der Waals surface area contributed by atoms with Gasteiger partial charge in [-0.25, -0.2) is 4.68 Å². The van der Waals surface area contributed by atoms with E-state index in [-0.39, 0.29) is 5.60 Å². The van der Waals surface area contributed by atoms with E-state index in [0.717, 1.165) is 49.7 Å². The minimum atomic E-state index is -0.831. The largest absolute Gasteiger partial charge is 0.385 e. The molecule has 162 valence electrons. The molecule has 3 aliphatic heterocycles. The summed E-state index contributed by atoms with van der Waals surface area (Å²) >= 11 is 6.32. The zero-order valence-electron chi connectivity index (χ0n) is 17.4. The van der Waals surface area contributed by atoms with E-state index in [2.05, 4.69) is 34.3 Å². The van der Waals surface area contributed by atoms with E-state index in [9.17, 15) is 5.11 Å². The Morgan fingerprint density at radius 1 is 1.30 bits per heavy atom. The van der Waals surface area contributed by atoms with E-state index in [1.54, 1.807) is 4.68 Å². The fourth-order valence-electron chi connectivity index (χ4n) is 5.21. The van der Waals surface area contributed by atoms with Crippen LogP contribution < -0.4 is 0 Å². The van der Waals surface area contributed by atoms with Gasteiger partial charge in [0.2, 0.25) is 0 Å². The molecule has 8 heteroatoms. The molecule has 7 nitrogen and oxygen atoms in total. The van der Waals surface area contributed by atoms with Gasteiger partial charge in [-0.05, 0) is 49.4 Å². The van der Waals surface area contributed by atoms with Gasteiger partial charge in [0.25, 0.3) is 0 Å². The molecule has 30 heavy (non-hydrogen) atoms. The third kappa shape index (κ3) is 3.89. The van der Waals surface area contributed by atoms with E-state index < -0.39 is 5.60 Å². The maximum absolute atomic E-state index is 10.5. The number of likely N-dealkylation sites (tertiary alicyclic amines) is 1. The van der Waals surface area contributed by atoms with Crippen LogP contribution in [0.3, 0.4) is 0 Å². The second kappa shape index (κ2) is 7.88. The van der Waals surface area contributed by atoms with Crippen molar-refractivity contribution >= 4 is 11.6 Å². The smallest absolute Gasteiger partial charge is 0.110 e. The first kappa shape index (κ1) is 20.4. The summed E-state index contributed by atoms with van der Waals surface area (Å²) < 4.78 is 13.4. The van der Waals surface area contributed by atoms with Crippen molar-refractivity contribution in [3.63, 3.8) is 0 Å². The molecule has 1 spiro atoms. The molecule has 2 fully saturated rings. The molecule has 2 aromatic rings. The summed E-state index contributed by atoms with van der Waals surface area (Å²) in [5.41, 5.74) is 2.49. The highest BCUT2D eigenvalue weighted by Gasteiger charge is 2.43. The molecule has 0 saturated carbocycles. The molecular weight excluding hydrogens is 404 g/mol. The SMILES string of the molecule is C[C@H]1C[C@@]2(CCN1Cc1cn(CC3(O)CCOC3)nn1)OCCc1ccc(Cl)cc12. The Bertz CT molecular complexity index is 914. The first-order valence-electron chi connectivity index (χ1n) is 10.8. The lowest BCUT2D eigenvalue weighted by molar-refractivity contribution is -0.113. The minimum absolute atomic E-state index is 0.238. The van der Waals surface area contributed by atoms with Crippen molar-refractivity contribution in [2.24, 2.45) is 0 Å². The van der Waals surface area contributed by atoms with Gasteiger partial charge in [0.15, 0.2) is 0 Å². The Labute approximate surface area is 181 Å². The zero-order valence-corrected chi connectivity index (χ0v) is 18.1. The van der Waals surface area contributed by atoms with Crippen molar-refractivity contribution in [1.29, 1.82) is 0 Å². The number of aromatic nitrogens is 3. The van der Waals surface area contributed by atoms with Crippen molar-refractivity contribution in [2.45, 2.75) is 62.9 Å². The first-order valence-corrected chi connectivity index (χ1v) is 11.2. The summed E-state index contributed by atoms with van der Waals surface area (Å²) in [5.74, 6) is 0. The monoisotopic (exact) mass is 432 g/mol. The number of halogens is 1. The van der Waals surface area contributed by atoms with E-state index >= 15 is 0 Å². The highest BCUT2D eigenvalue weighted by Crippen LogP contribution is 2.44. The normalized spacial score (nSPS) is 31.9. The summed E-state index contributed by atoms with van der Waals surface area (Å²) in [6.07, 6.45) is 5.41. The Morgan fingerprint density at radius 2 is 2.20 bits per heavy atom. The Kier molecular flexibility index (Phi) is 5.35. The summed E-state index contributed by atoms with van der Waals surface area (Å²) in [5, 5.41) is 19.9. The van der Waals surface area contributed by atoms with Crippen LogP contribution in [0, 0.1) is 0 Å². The van der Waals surface area contributed by atoms with Gasteiger partial charge in [-0.15, -0.1) is 5.10 Å². The minimum Gasteiger partial charge on any atom is -0.385 e. The van der Waals surface area contributed by atoms with Crippen LogP contribution in [0.1, 0.15) is 43.0 Å². The van der Waals surface area contributed by atoms with E-state index in [1.807, 2.05) is 12.3 Å². The van der Waals surface area contributed by atoms with Gasteiger partial charge in [0.05, 0.1) is 31.1 Å². The Balaban J connectivity index is 1.26. The molecule has 0 amide bonds. The molecule has 0 radical (unpaired) electrons. The van der Waals surface area contributed by atoms with Gasteiger partial charge in [-0.3, -0.25) is 4.90 Å². The first-order chi connectivity index (χ1) is 14.4. The number of nitrogens with zero attached hydrogens (tertiary/aromatic N) is 4. The average molecular weight is 433 g/mol. The molecule has 4 heterocycles. The lowest BCUT2D eigenvalue weighted by Crippen LogP contribution is -2.50. The van der Waals surface area contributed by atoms with Crippen molar-refractivity contribution in [3.8, 4) is 0 Å². The standard InChI is InChI=1S/C22H29ClN4O3/c1-16-11-22(20-10-18(23)3-2-17(20)4-8-30-22)5-7-26(16)12-19-13-27(25-24-19)14-21(28)6-9-29-15-21/h2-3,10,13,16,28H,4-9,11-12,14-15H2,1H3/t16-,21?,22+/m0/s1. The summed E-state index contributed by atoms with van der Waals surface area (Å²) in [7, 11) is 0. The average Bonchev–Trinajstić information content (AvgIpc) is 3.34. The second-order valence-corrected chi connectivity index (χ2v) is 9.54. The number of rotatable bonds is 4. The van der Waals surface area contributed by atoms with Crippen LogP contribution in [0.15, 0.2) is 24.4 Å². The topological polar surface area (TPSA) is 72.6 Å². The van der Waals surface area contributed by atoms with Gasteiger partial charge in [0, 0.05) is 43.4 Å². The molecule has 0 bridgehead atoms. The predicted octanol–water partition coefficient (Wildman–Crippen LogP) is 2.54. The van der Waals surface area contributed by atoms with Crippen molar-refractivity contribution in [2.75, 3.05) is 26.4 Å². The van der Waals surface area contributed by atoms with Crippen LogP contribution in [-0.4, -0.2) is 63.0 Å². The maximum atomic E-state index is 10.5. The fourth-order valence-corrected chi connectivity index (χ4v) is 5.38. The molecule has 1 unspecified atom stereocenters. The number of aliphatic hydroxyl groups is 1. The molecule has 5 rings (SSSR count). The molecule has 3 atom stereocenters. The third-order valence-corrected chi connectivity index (χ3v) is 7.09. The number of hydrogen-bond acceptors (Lipinski definition) is 6. The van der Waals surface area contributed by atoms with Gasteiger partial charge < -0.3 is 14.6 Å². The van der Waals surface area contributed by atoms with Gasteiger partial charge in [-0.2, -0.15) is 0 Å². The second-order valence-electron chi connectivity index (χ2n) is 9.10. The number of ether oxygens (including phenoxy) is 2. The molecule has 1 N–H and O–H groups in total. The summed E-state index contributed by atoms with van der Waals surface area (Å²) in [6, 6.07) is 6.58. The van der Waals surface area contributed by atoms with E-state index in [1.165, 1.54) is 11.1 Å². The van der Waals surface area contributed by atoms with Gasteiger partial charge in [-0.1, -0.05) is 22.9 Å². The lowest BCUT2D eigenvalue weighted by Gasteiger charge is -2.48. The van der Waals surface area contributed by atoms with Gasteiger partial charge in [0.1, 0.15) is 5.60 Å². The highest BCUT2D eigenvalue weighted by molar-refractivity contribution is 6.30. The maximum Gasteiger partial charge on any atom is 0.110 e. The molecule has 0 aliphatic carbocycles. The Morgan fingerprint density at radius 3 is 3.00 bits per heavy atom. The third-order valence-electron chi connectivity index (χ3n) is 6.85. The van der Waals surface area contributed by atoms with Crippen LogP contribution in [0.4, 0.5) is 0 Å². The van der Waals surface area contributed by atoms with Crippen molar-refractivity contribution in [3.05, 3.63) is 46.2 Å². The lowest BCUT2D eigenvalue weighted by atomic mass is 9.77. The van der Waals surface area contributed by atoms with Crippen LogP contribution in [0.5, 0.6) is 0 Å². The van der Waals surface area contributed by atoms with Crippen LogP contribution in [0.2, 0.25) is 5.02 Å². The van der Waals surface area contributed by atoms with Crippen molar-refractivity contribution < 1.29 is 14.6 Å². The molecule has 3 aliphatic rings. The zero-order chi connectivity index (χ0) is 20.8. The summed E-state index contributed by atoms with van der Waals surface area (Å²) in [6.45, 7) is 6.07.